The summed E-state index contributed by atoms with van der Waals surface area (Å²) in [6, 6.07) is 8.14. The zero-order chi connectivity index (χ0) is 12.1. The molecule has 1 saturated heterocycles. The summed E-state index contributed by atoms with van der Waals surface area (Å²) < 4.78 is 5.28. The number of rotatable bonds is 5. The summed E-state index contributed by atoms with van der Waals surface area (Å²) in [5.41, 5.74) is 2.01. The van der Waals surface area contributed by atoms with E-state index in [0.717, 1.165) is 31.7 Å². The van der Waals surface area contributed by atoms with Crippen LogP contribution in [0.4, 0.5) is 0 Å². The lowest BCUT2D eigenvalue weighted by molar-refractivity contribution is -0.136. The van der Waals surface area contributed by atoms with Crippen molar-refractivity contribution in [2.75, 3.05) is 13.2 Å². The van der Waals surface area contributed by atoms with Crippen LogP contribution in [0.1, 0.15) is 17.5 Å². The van der Waals surface area contributed by atoms with Crippen molar-refractivity contribution in [2.24, 2.45) is 0 Å². The molecule has 0 aliphatic carbocycles. The van der Waals surface area contributed by atoms with Gasteiger partial charge in [0.2, 0.25) is 0 Å². The van der Waals surface area contributed by atoms with Crippen molar-refractivity contribution in [2.45, 2.75) is 25.4 Å². The van der Waals surface area contributed by atoms with Crippen molar-refractivity contribution in [1.82, 2.24) is 5.32 Å². The Labute approximate surface area is 101 Å². The molecule has 1 atom stereocenters. The smallest absolute Gasteiger partial charge is 0.307 e. The monoisotopic (exact) mass is 235 g/mol. The summed E-state index contributed by atoms with van der Waals surface area (Å²) in [6.07, 6.45) is 1.15. The van der Waals surface area contributed by atoms with Gasteiger partial charge < -0.3 is 15.2 Å². The molecule has 4 heteroatoms. The first-order valence-corrected chi connectivity index (χ1v) is 5.85. The molecule has 4 nitrogen and oxygen atoms in total. The van der Waals surface area contributed by atoms with Crippen LogP contribution in [-0.4, -0.2) is 30.3 Å². The van der Waals surface area contributed by atoms with Crippen LogP contribution in [0.15, 0.2) is 24.3 Å². The minimum absolute atomic E-state index is 0.0875. The van der Waals surface area contributed by atoms with Gasteiger partial charge >= 0.3 is 5.97 Å². The summed E-state index contributed by atoms with van der Waals surface area (Å²) >= 11 is 0. The third-order valence-corrected chi connectivity index (χ3v) is 2.90. The second-order valence-corrected chi connectivity index (χ2v) is 4.33. The molecule has 0 radical (unpaired) electrons. The molecule has 0 aromatic heterocycles. The summed E-state index contributed by atoms with van der Waals surface area (Å²) in [5, 5.41) is 12.1. The van der Waals surface area contributed by atoms with Crippen LogP contribution in [0, 0.1) is 0 Å². The highest BCUT2D eigenvalue weighted by Crippen LogP contribution is 2.08. The van der Waals surface area contributed by atoms with Crippen molar-refractivity contribution in [3.8, 4) is 0 Å². The molecule has 1 fully saturated rings. The molecular formula is C13H17NO3. The maximum Gasteiger partial charge on any atom is 0.307 e. The molecule has 1 unspecified atom stereocenters. The van der Waals surface area contributed by atoms with Crippen LogP contribution in [-0.2, 0) is 22.5 Å². The van der Waals surface area contributed by atoms with Gasteiger partial charge in [0.25, 0.3) is 0 Å². The molecule has 92 valence electrons. The number of hydrogen-bond donors (Lipinski definition) is 2. The second kappa shape index (κ2) is 5.80. The molecule has 0 spiro atoms. The van der Waals surface area contributed by atoms with E-state index in [-0.39, 0.29) is 6.42 Å². The fourth-order valence-corrected chi connectivity index (χ4v) is 1.91. The predicted molar refractivity (Wildman–Crippen MR) is 63.8 cm³/mol. The minimum atomic E-state index is -0.793. The highest BCUT2D eigenvalue weighted by atomic mass is 16.5. The van der Waals surface area contributed by atoms with Gasteiger partial charge in [-0.15, -0.1) is 0 Å². The highest BCUT2D eigenvalue weighted by molar-refractivity contribution is 5.70. The van der Waals surface area contributed by atoms with Crippen LogP contribution >= 0.6 is 0 Å². The molecule has 0 bridgehead atoms. The number of carboxylic acids is 1. The average molecular weight is 235 g/mol. The summed E-state index contributed by atoms with van der Waals surface area (Å²) in [7, 11) is 0. The number of benzene rings is 1. The van der Waals surface area contributed by atoms with E-state index in [1.54, 1.807) is 0 Å². The van der Waals surface area contributed by atoms with Crippen LogP contribution in [0.25, 0.3) is 0 Å². The molecule has 1 aliphatic heterocycles. The van der Waals surface area contributed by atoms with E-state index >= 15 is 0 Å². The number of carboxylic acid groups (broad SMARTS) is 1. The molecule has 1 aliphatic rings. The fraction of sp³-hybridized carbons (Fsp3) is 0.462. The van der Waals surface area contributed by atoms with Gasteiger partial charge in [0, 0.05) is 19.2 Å². The van der Waals surface area contributed by atoms with E-state index in [4.69, 9.17) is 9.84 Å². The Hall–Kier alpha value is -1.39. The Morgan fingerprint density at radius 3 is 2.65 bits per heavy atom. The molecule has 1 aromatic rings. The molecular weight excluding hydrogens is 218 g/mol. The Kier molecular flexibility index (Phi) is 4.12. The molecule has 2 rings (SSSR count). The van der Waals surface area contributed by atoms with Gasteiger partial charge in [0.05, 0.1) is 13.0 Å². The van der Waals surface area contributed by atoms with E-state index in [9.17, 15) is 4.79 Å². The standard InChI is InChI=1S/C13H17NO3/c15-13(16)7-10-1-3-11(4-2-10)8-14-12-5-6-17-9-12/h1-4,12,14H,5-9H2,(H,15,16). The Bertz CT molecular complexity index is 369. The average Bonchev–Trinajstić information content (AvgIpc) is 2.80. The molecule has 2 N–H and O–H groups in total. The maximum absolute atomic E-state index is 10.5. The van der Waals surface area contributed by atoms with Crippen molar-refractivity contribution in [1.29, 1.82) is 0 Å². The first kappa shape index (κ1) is 12.1. The summed E-state index contributed by atoms with van der Waals surface area (Å²) in [5.74, 6) is -0.793. The molecule has 17 heavy (non-hydrogen) atoms. The van der Waals surface area contributed by atoms with Gasteiger partial charge in [-0.2, -0.15) is 0 Å². The Morgan fingerprint density at radius 1 is 1.35 bits per heavy atom. The SMILES string of the molecule is O=C(O)Cc1ccc(CNC2CCOC2)cc1. The first-order chi connectivity index (χ1) is 8.24. The topological polar surface area (TPSA) is 58.6 Å². The zero-order valence-electron chi connectivity index (χ0n) is 9.69. The number of aliphatic carboxylic acids is 1. The fourth-order valence-electron chi connectivity index (χ4n) is 1.91. The zero-order valence-corrected chi connectivity index (χ0v) is 9.69. The van der Waals surface area contributed by atoms with Gasteiger partial charge in [-0.3, -0.25) is 4.79 Å². The quantitative estimate of drug-likeness (QED) is 0.805. The van der Waals surface area contributed by atoms with Crippen LogP contribution in [0.2, 0.25) is 0 Å². The van der Waals surface area contributed by atoms with E-state index in [2.05, 4.69) is 5.32 Å². The molecule has 1 aromatic carbocycles. The van der Waals surface area contributed by atoms with Gasteiger partial charge in [-0.05, 0) is 17.5 Å². The molecule has 0 saturated carbocycles. The minimum Gasteiger partial charge on any atom is -0.481 e. The predicted octanol–water partition coefficient (Wildman–Crippen LogP) is 1.19. The second-order valence-electron chi connectivity index (χ2n) is 4.33. The number of hydrogen-bond acceptors (Lipinski definition) is 3. The third-order valence-electron chi connectivity index (χ3n) is 2.90. The van der Waals surface area contributed by atoms with Crippen molar-refractivity contribution < 1.29 is 14.6 Å². The number of ether oxygens (including phenoxy) is 1. The van der Waals surface area contributed by atoms with Gasteiger partial charge in [-0.25, -0.2) is 0 Å². The van der Waals surface area contributed by atoms with E-state index < -0.39 is 5.97 Å². The maximum atomic E-state index is 10.5. The normalized spacial score (nSPS) is 19.4. The Morgan fingerprint density at radius 2 is 2.06 bits per heavy atom. The van der Waals surface area contributed by atoms with Gasteiger partial charge in [0.1, 0.15) is 0 Å². The lowest BCUT2D eigenvalue weighted by Crippen LogP contribution is -2.28. The van der Waals surface area contributed by atoms with Gasteiger partial charge in [-0.1, -0.05) is 24.3 Å². The van der Waals surface area contributed by atoms with Crippen molar-refractivity contribution in [3.63, 3.8) is 0 Å². The lowest BCUT2D eigenvalue weighted by atomic mass is 10.1. The van der Waals surface area contributed by atoms with Crippen LogP contribution in [0.5, 0.6) is 0 Å². The van der Waals surface area contributed by atoms with Crippen molar-refractivity contribution >= 4 is 5.97 Å². The molecule has 0 amide bonds. The van der Waals surface area contributed by atoms with E-state index in [1.165, 1.54) is 5.56 Å². The summed E-state index contributed by atoms with van der Waals surface area (Å²) in [6.45, 7) is 2.44. The number of nitrogens with one attached hydrogen (secondary N) is 1. The number of carbonyl (C=O) groups is 1. The first-order valence-electron chi connectivity index (χ1n) is 5.85. The van der Waals surface area contributed by atoms with Gasteiger partial charge in [0.15, 0.2) is 0 Å². The Balaban J connectivity index is 1.82. The van der Waals surface area contributed by atoms with Crippen LogP contribution < -0.4 is 5.32 Å². The van der Waals surface area contributed by atoms with E-state index in [0.29, 0.717) is 6.04 Å². The lowest BCUT2D eigenvalue weighted by Gasteiger charge is -2.10. The van der Waals surface area contributed by atoms with Crippen molar-refractivity contribution in [3.05, 3.63) is 35.4 Å². The highest BCUT2D eigenvalue weighted by Gasteiger charge is 2.14. The summed E-state index contributed by atoms with van der Waals surface area (Å²) in [4.78, 5) is 10.5. The third kappa shape index (κ3) is 3.84. The molecule has 1 heterocycles. The van der Waals surface area contributed by atoms with E-state index in [1.807, 2.05) is 24.3 Å². The van der Waals surface area contributed by atoms with Crippen LogP contribution in [0.3, 0.4) is 0 Å². The largest absolute Gasteiger partial charge is 0.481 e.